The van der Waals surface area contributed by atoms with Crippen molar-refractivity contribution in [1.29, 1.82) is 0 Å². The van der Waals surface area contributed by atoms with Gasteiger partial charge in [0.25, 0.3) is 0 Å². The Morgan fingerprint density at radius 1 is 1.42 bits per heavy atom. The molecule has 0 N–H and O–H groups in total. The summed E-state index contributed by atoms with van der Waals surface area (Å²) in [6.07, 6.45) is 0. The highest BCUT2D eigenvalue weighted by molar-refractivity contribution is 7.87. The summed E-state index contributed by atoms with van der Waals surface area (Å²) in [5.41, 5.74) is 0. The van der Waals surface area contributed by atoms with Crippen LogP contribution in [-0.4, -0.2) is 26.7 Å². The van der Waals surface area contributed by atoms with E-state index in [9.17, 15) is 17.1 Å². The van der Waals surface area contributed by atoms with Crippen LogP contribution in [0.15, 0.2) is 0 Å². The minimum Gasteiger partial charge on any atom is -0.469 e. The molecule has 0 spiro atoms. The first-order valence-electron chi connectivity index (χ1n) is 3.32. The average molecular weight is 198 g/mol. The fraction of sp³-hybridized carbons (Fsp3) is 0.833. The second-order valence-corrected chi connectivity index (χ2v) is 4.19. The molecule has 0 saturated heterocycles. The third-order valence-corrected chi connectivity index (χ3v) is 3.02. The zero-order chi connectivity index (χ0) is 9.94. The number of ether oxygens (including phenoxy) is 1. The minimum absolute atomic E-state index is 0.733. The van der Waals surface area contributed by atoms with E-state index in [1.54, 1.807) is 0 Å². The van der Waals surface area contributed by atoms with Gasteiger partial charge in [0.1, 0.15) is 5.25 Å². The van der Waals surface area contributed by atoms with Gasteiger partial charge in [-0.05, 0) is 6.92 Å². The molecule has 0 rings (SSSR count). The molecule has 6 heteroatoms. The number of carbonyl (C=O) groups excluding carboxylic acids is 1. The second-order valence-electron chi connectivity index (χ2n) is 2.49. The summed E-state index contributed by atoms with van der Waals surface area (Å²) in [6, 6.07) is 0. The Morgan fingerprint density at radius 2 is 1.83 bits per heavy atom. The third kappa shape index (κ3) is 2.77. The lowest BCUT2D eigenvalue weighted by Gasteiger charge is -2.12. The van der Waals surface area contributed by atoms with E-state index in [4.69, 9.17) is 0 Å². The van der Waals surface area contributed by atoms with Crippen LogP contribution in [0.25, 0.3) is 0 Å². The molecule has 0 aliphatic heterocycles. The van der Waals surface area contributed by atoms with Crippen LogP contribution >= 0.6 is 0 Å². The predicted molar refractivity (Wildman–Crippen MR) is 40.7 cm³/mol. The highest BCUT2D eigenvalue weighted by atomic mass is 32.3. The fourth-order valence-electron chi connectivity index (χ4n) is 0.621. The van der Waals surface area contributed by atoms with Crippen molar-refractivity contribution < 1.29 is 21.8 Å². The van der Waals surface area contributed by atoms with Crippen molar-refractivity contribution in [3.05, 3.63) is 0 Å². The molecule has 0 aromatic heterocycles. The van der Waals surface area contributed by atoms with Crippen LogP contribution in [0, 0.1) is 5.92 Å². The maximum Gasteiger partial charge on any atom is 0.309 e. The van der Waals surface area contributed by atoms with Gasteiger partial charge in [0.05, 0.1) is 13.0 Å². The molecule has 0 aliphatic carbocycles. The van der Waals surface area contributed by atoms with Crippen LogP contribution in [0.1, 0.15) is 13.8 Å². The summed E-state index contributed by atoms with van der Waals surface area (Å²) in [5.74, 6) is -1.71. The second kappa shape index (κ2) is 3.84. The Balaban J connectivity index is 4.51. The van der Waals surface area contributed by atoms with Crippen LogP contribution < -0.4 is 0 Å². The highest BCUT2D eigenvalue weighted by Crippen LogP contribution is 2.14. The van der Waals surface area contributed by atoms with Crippen molar-refractivity contribution in [2.45, 2.75) is 19.1 Å². The maximum absolute atomic E-state index is 12.3. The molecule has 0 aromatic carbocycles. The standard InChI is InChI=1S/C6H11FO4S/c1-4(6(8)11-3)5(2)12(7,9)10/h4-5H,1-3H3. The summed E-state index contributed by atoms with van der Waals surface area (Å²) in [6.45, 7) is 2.42. The van der Waals surface area contributed by atoms with Crippen LogP contribution in [0.4, 0.5) is 3.89 Å². The molecule has 0 heterocycles. The molecular formula is C6H11FO4S. The predicted octanol–water partition coefficient (Wildman–Crippen LogP) is 0.483. The smallest absolute Gasteiger partial charge is 0.309 e. The molecule has 2 atom stereocenters. The normalized spacial score (nSPS) is 16.7. The highest BCUT2D eigenvalue weighted by Gasteiger charge is 2.31. The zero-order valence-corrected chi connectivity index (χ0v) is 7.89. The summed E-state index contributed by atoms with van der Waals surface area (Å²) in [5, 5.41) is -1.36. The van der Waals surface area contributed by atoms with Gasteiger partial charge in [0, 0.05) is 0 Å². The Labute approximate surface area is 70.9 Å². The fourth-order valence-corrected chi connectivity index (χ4v) is 1.22. The van der Waals surface area contributed by atoms with Gasteiger partial charge in [-0.3, -0.25) is 4.79 Å². The van der Waals surface area contributed by atoms with E-state index in [1.807, 2.05) is 0 Å². The molecule has 0 radical (unpaired) electrons. The van der Waals surface area contributed by atoms with Crippen LogP contribution in [0.3, 0.4) is 0 Å². The molecule has 72 valence electrons. The van der Waals surface area contributed by atoms with Crippen LogP contribution in [0.5, 0.6) is 0 Å². The molecule has 0 saturated carbocycles. The average Bonchev–Trinajstić information content (AvgIpc) is 1.98. The number of carbonyl (C=O) groups is 1. The number of hydrogen-bond donors (Lipinski definition) is 0. The van der Waals surface area contributed by atoms with Crippen molar-refractivity contribution in [3.63, 3.8) is 0 Å². The quantitative estimate of drug-likeness (QED) is 0.489. The SMILES string of the molecule is COC(=O)C(C)C(C)S(=O)(=O)F. The van der Waals surface area contributed by atoms with E-state index in [-0.39, 0.29) is 0 Å². The van der Waals surface area contributed by atoms with Crippen molar-refractivity contribution in [1.82, 2.24) is 0 Å². The number of halogens is 1. The lowest BCUT2D eigenvalue weighted by molar-refractivity contribution is -0.144. The van der Waals surface area contributed by atoms with E-state index >= 15 is 0 Å². The molecular weight excluding hydrogens is 187 g/mol. The monoisotopic (exact) mass is 198 g/mol. The number of esters is 1. The molecule has 0 aliphatic rings. The van der Waals surface area contributed by atoms with Gasteiger partial charge in [-0.1, -0.05) is 6.92 Å². The Morgan fingerprint density at radius 3 is 2.08 bits per heavy atom. The van der Waals surface area contributed by atoms with Gasteiger partial charge in [0.15, 0.2) is 0 Å². The maximum atomic E-state index is 12.3. The van der Waals surface area contributed by atoms with Gasteiger partial charge in [0.2, 0.25) is 0 Å². The van der Waals surface area contributed by atoms with Gasteiger partial charge >= 0.3 is 16.2 Å². The van der Waals surface area contributed by atoms with E-state index in [0.717, 1.165) is 14.0 Å². The number of methoxy groups -OCH3 is 1. The third-order valence-electron chi connectivity index (χ3n) is 1.72. The summed E-state index contributed by atoms with van der Waals surface area (Å²) in [4.78, 5) is 10.7. The first kappa shape index (κ1) is 11.4. The number of rotatable bonds is 3. The van der Waals surface area contributed by atoms with E-state index < -0.39 is 27.4 Å². The topological polar surface area (TPSA) is 60.4 Å². The zero-order valence-electron chi connectivity index (χ0n) is 7.07. The van der Waals surface area contributed by atoms with Crippen LogP contribution in [0.2, 0.25) is 0 Å². The largest absolute Gasteiger partial charge is 0.469 e. The molecule has 12 heavy (non-hydrogen) atoms. The summed E-state index contributed by atoms with van der Waals surface area (Å²) >= 11 is 0. The first-order chi connectivity index (χ1) is 5.30. The summed E-state index contributed by atoms with van der Waals surface area (Å²) in [7, 11) is -3.54. The first-order valence-corrected chi connectivity index (χ1v) is 4.76. The van der Waals surface area contributed by atoms with Crippen molar-refractivity contribution in [2.75, 3.05) is 7.11 Å². The summed E-state index contributed by atoms with van der Waals surface area (Å²) < 4.78 is 37.2. The van der Waals surface area contributed by atoms with Crippen molar-refractivity contribution >= 4 is 16.2 Å². The van der Waals surface area contributed by atoms with Crippen LogP contribution in [-0.2, 0) is 19.8 Å². The molecule has 0 amide bonds. The van der Waals surface area contributed by atoms with Crippen molar-refractivity contribution in [3.8, 4) is 0 Å². The Hall–Kier alpha value is -0.650. The van der Waals surface area contributed by atoms with Crippen molar-refractivity contribution in [2.24, 2.45) is 5.92 Å². The molecule has 0 bridgehead atoms. The molecule has 0 aromatic rings. The Bertz CT molecular complexity index is 259. The van der Waals surface area contributed by atoms with Gasteiger partial charge < -0.3 is 4.74 Å². The van der Waals surface area contributed by atoms with E-state index in [2.05, 4.69) is 4.74 Å². The van der Waals surface area contributed by atoms with Gasteiger partial charge in [-0.25, -0.2) is 0 Å². The molecule has 4 nitrogen and oxygen atoms in total. The van der Waals surface area contributed by atoms with Gasteiger partial charge in [-0.2, -0.15) is 8.42 Å². The molecule has 0 fully saturated rings. The van der Waals surface area contributed by atoms with E-state index in [1.165, 1.54) is 6.92 Å². The minimum atomic E-state index is -4.66. The van der Waals surface area contributed by atoms with Gasteiger partial charge in [-0.15, -0.1) is 3.89 Å². The Kier molecular flexibility index (Phi) is 3.63. The lowest BCUT2D eigenvalue weighted by atomic mass is 10.1. The number of hydrogen-bond acceptors (Lipinski definition) is 4. The molecule has 2 unspecified atom stereocenters. The lowest BCUT2D eigenvalue weighted by Crippen LogP contribution is -2.29. The van der Waals surface area contributed by atoms with E-state index in [0.29, 0.717) is 0 Å².